The van der Waals surface area contributed by atoms with Gasteiger partial charge in [0, 0.05) is 98.0 Å². The van der Waals surface area contributed by atoms with E-state index >= 15 is 0 Å². The molecule has 1 atom stereocenters. The molecule has 0 saturated carbocycles. The van der Waals surface area contributed by atoms with Crippen LogP contribution in [0.2, 0.25) is 0 Å². The van der Waals surface area contributed by atoms with E-state index in [1.807, 2.05) is 66.1 Å². The van der Waals surface area contributed by atoms with Gasteiger partial charge in [-0.3, -0.25) is 24.6 Å². The van der Waals surface area contributed by atoms with Crippen LogP contribution < -0.4 is 10.2 Å². The van der Waals surface area contributed by atoms with Gasteiger partial charge in [0.25, 0.3) is 5.91 Å². The third kappa shape index (κ3) is 6.36. The molecular formula is C36H39N9O3. The number of likely N-dealkylation sites (tertiary alicyclic amines) is 1. The van der Waals surface area contributed by atoms with Crippen molar-refractivity contribution in [3.63, 3.8) is 0 Å². The molecule has 7 rings (SSSR count). The molecular weight excluding hydrogens is 606 g/mol. The molecule has 2 fully saturated rings. The molecule has 48 heavy (non-hydrogen) atoms. The van der Waals surface area contributed by atoms with Gasteiger partial charge in [-0.2, -0.15) is 5.10 Å². The molecule has 0 bridgehead atoms. The summed E-state index contributed by atoms with van der Waals surface area (Å²) in [7, 11) is 1.56. The van der Waals surface area contributed by atoms with Crippen molar-refractivity contribution in [2.75, 3.05) is 63.1 Å². The van der Waals surface area contributed by atoms with Crippen LogP contribution in [-0.2, 0) is 14.3 Å². The van der Waals surface area contributed by atoms with Gasteiger partial charge in [-0.05, 0) is 80.9 Å². The maximum Gasteiger partial charge on any atom is 0.258 e. The number of H-pyrrole nitrogens is 1. The number of fused-ring (bicyclic) bond motifs is 1. The summed E-state index contributed by atoms with van der Waals surface area (Å²) in [5, 5.41) is 11.6. The fourth-order valence-electron chi connectivity index (χ4n) is 6.74. The summed E-state index contributed by atoms with van der Waals surface area (Å²) in [5.41, 5.74) is 6.17. The molecule has 3 aromatic heterocycles. The fraction of sp³-hybridized carbons (Fsp3) is 0.333. The molecule has 2 aromatic carbocycles. The number of anilines is 2. The number of amides is 2. The van der Waals surface area contributed by atoms with Crippen LogP contribution in [0, 0.1) is 13.8 Å². The SMILES string of the molecule is CO[C@@]1(C(=O)Nc2ccc3[nH]nc(-c4cc(C)nc(C)c4)c3c2)CCN(CC(=O)N2CCN(c3ccc(-c4ncccn4)cc3)CC2)C1. The second-order valence-corrected chi connectivity index (χ2v) is 12.6. The topological polar surface area (TPSA) is 132 Å². The van der Waals surface area contributed by atoms with Crippen LogP contribution >= 0.6 is 0 Å². The van der Waals surface area contributed by atoms with Crippen molar-refractivity contribution < 1.29 is 14.3 Å². The maximum absolute atomic E-state index is 13.7. The number of nitrogens with zero attached hydrogens (tertiary/aromatic N) is 7. The van der Waals surface area contributed by atoms with E-state index in [1.165, 1.54) is 0 Å². The van der Waals surface area contributed by atoms with Gasteiger partial charge in [0.15, 0.2) is 11.4 Å². The van der Waals surface area contributed by atoms with Crippen LogP contribution in [0.4, 0.5) is 11.4 Å². The van der Waals surface area contributed by atoms with Gasteiger partial charge in [0.05, 0.1) is 12.1 Å². The number of carbonyl (C=O) groups excluding carboxylic acids is 2. The van der Waals surface area contributed by atoms with Crippen molar-refractivity contribution in [1.82, 2.24) is 34.9 Å². The molecule has 0 radical (unpaired) electrons. The zero-order valence-electron chi connectivity index (χ0n) is 27.4. The van der Waals surface area contributed by atoms with E-state index < -0.39 is 5.60 Å². The van der Waals surface area contributed by atoms with Gasteiger partial charge in [0.1, 0.15) is 5.69 Å². The van der Waals surface area contributed by atoms with Crippen molar-refractivity contribution >= 4 is 34.1 Å². The quantitative estimate of drug-likeness (QED) is 0.256. The second kappa shape index (κ2) is 13.1. The number of pyridine rings is 1. The van der Waals surface area contributed by atoms with Crippen molar-refractivity contribution in [2.45, 2.75) is 25.9 Å². The lowest BCUT2D eigenvalue weighted by Crippen LogP contribution is -2.52. The Morgan fingerprint density at radius 1 is 0.917 bits per heavy atom. The summed E-state index contributed by atoms with van der Waals surface area (Å²) in [6, 6.07) is 19.7. The molecule has 5 heterocycles. The first kappa shape index (κ1) is 31.4. The van der Waals surface area contributed by atoms with Crippen LogP contribution in [0.3, 0.4) is 0 Å². The minimum absolute atomic E-state index is 0.0676. The Balaban J connectivity index is 0.947. The van der Waals surface area contributed by atoms with Gasteiger partial charge in [-0.1, -0.05) is 0 Å². The van der Waals surface area contributed by atoms with Crippen molar-refractivity contribution in [3.8, 4) is 22.6 Å². The number of ether oxygens (including phenoxy) is 1. The fourth-order valence-corrected chi connectivity index (χ4v) is 6.74. The van der Waals surface area contributed by atoms with Crippen LogP contribution in [0.25, 0.3) is 33.5 Å². The number of hydrogen-bond acceptors (Lipinski definition) is 9. The first-order chi connectivity index (χ1) is 23.3. The number of benzene rings is 2. The molecule has 12 heteroatoms. The van der Waals surface area contributed by atoms with E-state index in [4.69, 9.17) is 4.74 Å². The van der Waals surface area contributed by atoms with Crippen molar-refractivity contribution in [1.29, 1.82) is 0 Å². The zero-order valence-corrected chi connectivity index (χ0v) is 27.4. The number of hydrogen-bond donors (Lipinski definition) is 2. The number of piperazine rings is 1. The van der Waals surface area contributed by atoms with Crippen LogP contribution in [0.1, 0.15) is 17.8 Å². The van der Waals surface area contributed by atoms with E-state index in [1.54, 1.807) is 25.6 Å². The number of nitrogens with one attached hydrogen (secondary N) is 2. The molecule has 2 aliphatic heterocycles. The Morgan fingerprint density at radius 2 is 1.65 bits per heavy atom. The molecule has 0 aliphatic carbocycles. The van der Waals surface area contributed by atoms with Crippen LogP contribution in [0.15, 0.2) is 73.1 Å². The summed E-state index contributed by atoms with van der Waals surface area (Å²) < 4.78 is 5.86. The third-order valence-electron chi connectivity index (χ3n) is 9.34. The van der Waals surface area contributed by atoms with Crippen LogP contribution in [-0.4, -0.2) is 105 Å². The summed E-state index contributed by atoms with van der Waals surface area (Å²) in [5.74, 6) is 0.546. The highest BCUT2D eigenvalue weighted by Crippen LogP contribution is 2.31. The minimum atomic E-state index is -1.05. The first-order valence-corrected chi connectivity index (χ1v) is 16.2. The normalized spacial score (nSPS) is 18.4. The molecule has 2 saturated heterocycles. The molecule has 0 spiro atoms. The van der Waals surface area contributed by atoms with Gasteiger partial charge >= 0.3 is 0 Å². The van der Waals surface area contributed by atoms with E-state index in [9.17, 15) is 9.59 Å². The first-order valence-electron chi connectivity index (χ1n) is 16.2. The highest BCUT2D eigenvalue weighted by Gasteiger charge is 2.45. The summed E-state index contributed by atoms with van der Waals surface area (Å²) in [6.07, 6.45) is 3.97. The van der Waals surface area contributed by atoms with E-state index in [2.05, 4.69) is 47.5 Å². The van der Waals surface area contributed by atoms with Gasteiger partial charge in [-0.25, -0.2) is 9.97 Å². The molecule has 2 aliphatic rings. The lowest BCUT2D eigenvalue weighted by atomic mass is 10.0. The Hall–Kier alpha value is -5.20. The van der Waals surface area contributed by atoms with Crippen LogP contribution in [0.5, 0.6) is 0 Å². The largest absolute Gasteiger partial charge is 0.368 e. The van der Waals surface area contributed by atoms with Gasteiger partial charge in [0.2, 0.25) is 5.91 Å². The average molecular weight is 646 g/mol. The average Bonchev–Trinajstić information content (AvgIpc) is 3.73. The number of aromatic nitrogens is 5. The van der Waals surface area contributed by atoms with Gasteiger partial charge < -0.3 is 19.9 Å². The van der Waals surface area contributed by atoms with E-state index in [-0.39, 0.29) is 18.4 Å². The number of methoxy groups -OCH3 is 1. The zero-order chi connectivity index (χ0) is 33.3. The molecule has 0 unspecified atom stereocenters. The molecule has 2 amide bonds. The molecule has 246 valence electrons. The Labute approximate surface area is 279 Å². The summed E-state index contributed by atoms with van der Waals surface area (Å²) in [4.78, 5) is 46.4. The lowest BCUT2D eigenvalue weighted by Gasteiger charge is -2.37. The third-order valence-corrected chi connectivity index (χ3v) is 9.34. The molecule has 12 nitrogen and oxygen atoms in total. The highest BCUT2D eigenvalue weighted by molar-refractivity contribution is 6.01. The smallest absolute Gasteiger partial charge is 0.258 e. The van der Waals surface area contributed by atoms with Gasteiger partial charge in [-0.15, -0.1) is 0 Å². The monoisotopic (exact) mass is 645 g/mol. The second-order valence-electron chi connectivity index (χ2n) is 12.6. The number of aromatic amines is 1. The predicted molar refractivity (Wildman–Crippen MR) is 184 cm³/mol. The number of aryl methyl sites for hydroxylation is 2. The number of carbonyl (C=O) groups is 2. The molecule has 2 N–H and O–H groups in total. The Morgan fingerprint density at radius 3 is 2.35 bits per heavy atom. The Kier molecular flexibility index (Phi) is 8.59. The van der Waals surface area contributed by atoms with E-state index in [0.29, 0.717) is 44.1 Å². The molecule has 5 aromatic rings. The van der Waals surface area contributed by atoms with Crippen molar-refractivity contribution in [3.05, 3.63) is 84.4 Å². The number of rotatable bonds is 8. The van der Waals surface area contributed by atoms with E-state index in [0.717, 1.165) is 57.9 Å². The highest BCUT2D eigenvalue weighted by atomic mass is 16.5. The summed E-state index contributed by atoms with van der Waals surface area (Å²) in [6.45, 7) is 7.89. The van der Waals surface area contributed by atoms with Crippen molar-refractivity contribution in [2.24, 2.45) is 0 Å². The summed E-state index contributed by atoms with van der Waals surface area (Å²) >= 11 is 0. The lowest BCUT2D eigenvalue weighted by molar-refractivity contribution is -0.138. The predicted octanol–water partition coefficient (Wildman–Crippen LogP) is 4.08. The maximum atomic E-state index is 13.7. The minimum Gasteiger partial charge on any atom is -0.368 e. The standard InChI is InChI=1S/C36H39N9O3/c1-24-19-27(20-25(2)39-24)33-30-21-28(7-10-31(30)41-42-33)40-35(47)36(48-3)11-14-43(23-36)22-32(46)45-17-15-44(16-18-45)29-8-5-26(6-9-29)34-37-12-4-13-38-34/h4-10,12-13,19-21H,11,14-18,22-23H2,1-3H3,(H,40,47)(H,41,42)/t36-/m0/s1. The Bertz CT molecular complexity index is 1920.